The van der Waals surface area contributed by atoms with E-state index in [9.17, 15) is 18.0 Å². The molecular formula is C18H19NO5S. The smallest absolute Gasteiger partial charge is 0.307 e. The van der Waals surface area contributed by atoms with Gasteiger partial charge in [-0.25, -0.2) is 8.42 Å². The van der Waals surface area contributed by atoms with E-state index in [1.54, 1.807) is 24.3 Å². The van der Waals surface area contributed by atoms with E-state index >= 15 is 0 Å². The van der Waals surface area contributed by atoms with Crippen LogP contribution in [0.4, 0.5) is 0 Å². The predicted molar refractivity (Wildman–Crippen MR) is 92.6 cm³/mol. The van der Waals surface area contributed by atoms with Gasteiger partial charge in [0.05, 0.1) is 17.1 Å². The van der Waals surface area contributed by atoms with Crippen LogP contribution in [-0.2, 0) is 26.0 Å². The molecule has 6 nitrogen and oxygen atoms in total. The van der Waals surface area contributed by atoms with Gasteiger partial charge in [0, 0.05) is 5.56 Å². The first-order valence-corrected chi connectivity index (χ1v) is 9.27. The number of sulfone groups is 1. The van der Waals surface area contributed by atoms with Crippen LogP contribution in [-0.4, -0.2) is 26.0 Å². The Morgan fingerprint density at radius 1 is 1.00 bits per heavy atom. The summed E-state index contributed by atoms with van der Waals surface area (Å²) in [7, 11) is -3.52. The molecule has 25 heavy (non-hydrogen) atoms. The molecule has 132 valence electrons. The molecule has 0 atom stereocenters. The number of nitrogens with two attached hydrogens (primary N) is 1. The van der Waals surface area contributed by atoms with Crippen molar-refractivity contribution in [2.45, 2.75) is 24.8 Å². The highest BCUT2D eigenvalue weighted by Gasteiger charge is 2.17. The monoisotopic (exact) mass is 361 g/mol. The Morgan fingerprint density at radius 3 is 2.16 bits per heavy atom. The van der Waals surface area contributed by atoms with E-state index in [-0.39, 0.29) is 23.7 Å². The van der Waals surface area contributed by atoms with Crippen molar-refractivity contribution in [3.8, 4) is 0 Å². The van der Waals surface area contributed by atoms with Crippen LogP contribution in [0.3, 0.4) is 0 Å². The third-order valence-electron chi connectivity index (χ3n) is 3.59. The first-order valence-electron chi connectivity index (χ1n) is 7.62. The summed E-state index contributed by atoms with van der Waals surface area (Å²) in [4.78, 5) is 22.9. The number of benzene rings is 2. The highest BCUT2D eigenvalue weighted by Crippen LogP contribution is 2.13. The van der Waals surface area contributed by atoms with Crippen LogP contribution >= 0.6 is 0 Å². The maximum atomic E-state index is 12.2. The third kappa shape index (κ3) is 5.42. The maximum Gasteiger partial charge on any atom is 0.307 e. The average molecular weight is 361 g/mol. The van der Waals surface area contributed by atoms with Crippen LogP contribution in [0.2, 0.25) is 0 Å². The zero-order valence-electron chi connectivity index (χ0n) is 13.8. The van der Waals surface area contributed by atoms with E-state index in [1.807, 2.05) is 6.92 Å². The summed E-state index contributed by atoms with van der Waals surface area (Å²) in [6.45, 7) is 1.87. The molecule has 2 rings (SSSR count). The Labute approximate surface area is 146 Å². The largest absolute Gasteiger partial charge is 0.461 e. The van der Waals surface area contributed by atoms with Crippen molar-refractivity contribution in [1.29, 1.82) is 0 Å². The lowest BCUT2D eigenvalue weighted by molar-refractivity contribution is -0.144. The Kier molecular flexibility index (Phi) is 5.93. The van der Waals surface area contributed by atoms with Gasteiger partial charge in [0.1, 0.15) is 6.61 Å². The number of hydrogen-bond donors (Lipinski definition) is 1. The lowest BCUT2D eigenvalue weighted by Gasteiger charge is -2.07. The number of carbonyl (C=O) groups excluding carboxylic acids is 2. The van der Waals surface area contributed by atoms with Crippen LogP contribution in [0.1, 0.15) is 27.9 Å². The highest BCUT2D eigenvalue weighted by molar-refractivity contribution is 7.91. The molecule has 2 aromatic rings. The number of carbonyl (C=O) groups is 2. The lowest BCUT2D eigenvalue weighted by atomic mass is 10.1. The topological polar surface area (TPSA) is 104 Å². The fourth-order valence-corrected chi connectivity index (χ4v) is 3.30. The number of ether oxygens (including phenoxy) is 1. The molecule has 0 saturated heterocycles. The summed E-state index contributed by atoms with van der Waals surface area (Å²) in [5, 5.41) is 0. The van der Waals surface area contributed by atoms with E-state index < -0.39 is 21.7 Å². The second-order valence-corrected chi connectivity index (χ2v) is 7.71. The molecule has 2 N–H and O–H groups in total. The lowest BCUT2D eigenvalue weighted by Crippen LogP contribution is -2.14. The minimum absolute atomic E-state index is 0.00244. The molecule has 7 heteroatoms. The normalized spacial score (nSPS) is 11.1. The van der Waals surface area contributed by atoms with Gasteiger partial charge in [0.15, 0.2) is 9.84 Å². The molecule has 0 unspecified atom stereocenters. The van der Waals surface area contributed by atoms with Crippen molar-refractivity contribution < 1.29 is 22.7 Å². The van der Waals surface area contributed by atoms with Gasteiger partial charge in [-0.2, -0.15) is 0 Å². The van der Waals surface area contributed by atoms with Gasteiger partial charge in [-0.15, -0.1) is 0 Å². The standard InChI is InChI=1S/C18H19NO5S/c1-13-2-8-16(9-3-13)25(22,23)11-10-17(20)24-12-14-4-6-15(7-5-14)18(19)21/h2-9H,10-12H2,1H3,(H2,19,21). The van der Waals surface area contributed by atoms with Crippen LogP contribution in [0.15, 0.2) is 53.4 Å². The number of aryl methyl sites for hydroxylation is 1. The van der Waals surface area contributed by atoms with Crippen LogP contribution in [0.25, 0.3) is 0 Å². The van der Waals surface area contributed by atoms with Crippen LogP contribution in [0.5, 0.6) is 0 Å². The molecule has 0 heterocycles. The molecule has 0 radical (unpaired) electrons. The summed E-state index contributed by atoms with van der Waals surface area (Å²) in [6.07, 6.45) is -0.227. The highest BCUT2D eigenvalue weighted by atomic mass is 32.2. The van der Waals surface area contributed by atoms with Crippen molar-refractivity contribution >= 4 is 21.7 Å². The summed E-state index contributed by atoms with van der Waals surface area (Å²) >= 11 is 0. The minimum atomic E-state index is -3.52. The number of amides is 1. The Balaban J connectivity index is 1.85. The van der Waals surface area contributed by atoms with E-state index in [4.69, 9.17) is 10.5 Å². The molecule has 1 amide bonds. The quantitative estimate of drug-likeness (QED) is 0.760. The number of rotatable bonds is 7. The summed E-state index contributed by atoms with van der Waals surface area (Å²) < 4.78 is 29.4. The first kappa shape index (κ1) is 18.7. The Bertz CT molecular complexity index is 855. The minimum Gasteiger partial charge on any atom is -0.461 e. The molecule has 0 aliphatic rings. The second-order valence-electron chi connectivity index (χ2n) is 5.60. The van der Waals surface area contributed by atoms with Crippen molar-refractivity contribution in [3.05, 3.63) is 65.2 Å². The van der Waals surface area contributed by atoms with Gasteiger partial charge >= 0.3 is 5.97 Å². The maximum absolute atomic E-state index is 12.2. The SMILES string of the molecule is Cc1ccc(S(=O)(=O)CCC(=O)OCc2ccc(C(N)=O)cc2)cc1. The fraction of sp³-hybridized carbons (Fsp3) is 0.222. The zero-order valence-corrected chi connectivity index (χ0v) is 14.6. The van der Waals surface area contributed by atoms with Gasteiger partial charge in [-0.3, -0.25) is 9.59 Å². The van der Waals surface area contributed by atoms with Gasteiger partial charge in [-0.1, -0.05) is 29.8 Å². The van der Waals surface area contributed by atoms with Crippen LogP contribution in [0, 0.1) is 6.92 Å². The molecule has 0 fully saturated rings. The van der Waals surface area contributed by atoms with Gasteiger partial charge in [0.2, 0.25) is 5.91 Å². The third-order valence-corrected chi connectivity index (χ3v) is 5.33. The molecule has 0 saturated carbocycles. The molecule has 0 aliphatic heterocycles. The van der Waals surface area contributed by atoms with Crippen molar-refractivity contribution in [1.82, 2.24) is 0 Å². The van der Waals surface area contributed by atoms with Gasteiger partial charge in [0.25, 0.3) is 0 Å². The second kappa shape index (κ2) is 7.94. The van der Waals surface area contributed by atoms with E-state index in [0.717, 1.165) is 5.56 Å². The number of esters is 1. The van der Waals surface area contributed by atoms with Gasteiger partial charge in [-0.05, 0) is 36.8 Å². The first-order chi connectivity index (χ1) is 11.8. The van der Waals surface area contributed by atoms with Crippen molar-refractivity contribution in [3.63, 3.8) is 0 Å². The van der Waals surface area contributed by atoms with E-state index in [2.05, 4.69) is 0 Å². The molecule has 0 bridgehead atoms. The average Bonchev–Trinajstić information content (AvgIpc) is 2.59. The molecule has 0 spiro atoms. The molecule has 0 aromatic heterocycles. The Hall–Kier alpha value is -2.67. The van der Waals surface area contributed by atoms with Crippen LogP contribution < -0.4 is 5.73 Å². The summed E-state index contributed by atoms with van der Waals surface area (Å²) in [6, 6.07) is 12.8. The van der Waals surface area contributed by atoms with E-state index in [0.29, 0.717) is 11.1 Å². The number of primary amides is 1. The molecular weight excluding hydrogens is 342 g/mol. The predicted octanol–water partition coefficient (Wildman–Crippen LogP) is 2.00. The van der Waals surface area contributed by atoms with E-state index in [1.165, 1.54) is 24.3 Å². The molecule has 0 aliphatic carbocycles. The zero-order chi connectivity index (χ0) is 18.4. The molecule has 2 aromatic carbocycles. The van der Waals surface area contributed by atoms with Crippen molar-refractivity contribution in [2.75, 3.05) is 5.75 Å². The summed E-state index contributed by atoms with van der Waals surface area (Å²) in [5.74, 6) is -1.45. The van der Waals surface area contributed by atoms with Gasteiger partial charge < -0.3 is 10.5 Å². The fourth-order valence-electron chi connectivity index (χ4n) is 2.08. The summed E-state index contributed by atoms with van der Waals surface area (Å²) in [5.41, 5.74) is 7.14. The Morgan fingerprint density at radius 2 is 1.60 bits per heavy atom. The number of hydrogen-bond acceptors (Lipinski definition) is 5. The van der Waals surface area contributed by atoms with Crippen molar-refractivity contribution in [2.24, 2.45) is 5.73 Å².